The quantitative estimate of drug-likeness (QED) is 0.865. The summed E-state index contributed by atoms with van der Waals surface area (Å²) in [7, 11) is 6.01. The first kappa shape index (κ1) is 15.9. The highest BCUT2D eigenvalue weighted by molar-refractivity contribution is 5.38. The van der Waals surface area contributed by atoms with Gasteiger partial charge in [0.25, 0.3) is 0 Å². The Balaban J connectivity index is 1.92. The van der Waals surface area contributed by atoms with E-state index in [1.165, 1.54) is 12.0 Å². The van der Waals surface area contributed by atoms with Crippen molar-refractivity contribution in [3.8, 4) is 0 Å². The minimum absolute atomic E-state index is 0.118. The van der Waals surface area contributed by atoms with Gasteiger partial charge in [-0.1, -0.05) is 0 Å². The molecule has 1 unspecified atom stereocenters. The van der Waals surface area contributed by atoms with Crippen molar-refractivity contribution in [2.75, 3.05) is 25.5 Å². The Morgan fingerprint density at radius 2 is 2.09 bits per heavy atom. The van der Waals surface area contributed by atoms with Gasteiger partial charge in [-0.3, -0.25) is 9.58 Å². The van der Waals surface area contributed by atoms with Gasteiger partial charge in [0.05, 0.1) is 11.7 Å². The maximum atomic E-state index is 4.84. The van der Waals surface area contributed by atoms with Crippen LogP contribution < -0.4 is 4.90 Å². The average Bonchev–Trinajstić information content (AvgIpc) is 3.06. The number of aryl methyl sites for hydroxylation is 2. The second-order valence-corrected chi connectivity index (χ2v) is 6.91. The predicted octanol–water partition coefficient (Wildman–Crippen LogP) is 2.10. The Morgan fingerprint density at radius 1 is 1.30 bits per heavy atom. The van der Waals surface area contributed by atoms with Gasteiger partial charge < -0.3 is 4.90 Å². The summed E-state index contributed by atoms with van der Waals surface area (Å²) < 4.78 is 1.86. The van der Waals surface area contributed by atoms with Crippen LogP contribution in [0, 0.1) is 6.92 Å². The number of likely N-dealkylation sites (tertiary alicyclic amines) is 1. The zero-order chi connectivity index (χ0) is 16.6. The third kappa shape index (κ3) is 3.08. The Morgan fingerprint density at radius 3 is 2.74 bits per heavy atom. The number of aromatic nitrogens is 4. The van der Waals surface area contributed by atoms with Crippen molar-refractivity contribution < 1.29 is 0 Å². The molecule has 2 aromatic heterocycles. The molecule has 23 heavy (non-hydrogen) atoms. The fraction of sp³-hybridized carbons (Fsp3) is 0.588. The minimum atomic E-state index is -0.118. The van der Waals surface area contributed by atoms with Crippen molar-refractivity contribution in [3.05, 3.63) is 35.5 Å². The van der Waals surface area contributed by atoms with E-state index in [1.54, 1.807) is 0 Å². The van der Waals surface area contributed by atoms with Gasteiger partial charge in [-0.25, -0.2) is 9.97 Å². The highest BCUT2D eigenvalue weighted by Crippen LogP contribution is 2.38. The molecule has 0 N–H and O–H groups in total. The van der Waals surface area contributed by atoms with Crippen LogP contribution in [0.2, 0.25) is 0 Å². The first-order valence-electron chi connectivity index (χ1n) is 8.14. The number of hydrogen-bond donors (Lipinski definition) is 0. The molecule has 0 bridgehead atoms. The van der Waals surface area contributed by atoms with Crippen LogP contribution in [0.4, 0.5) is 5.82 Å². The van der Waals surface area contributed by atoms with Crippen LogP contribution in [0.1, 0.15) is 36.8 Å². The highest BCUT2D eigenvalue weighted by Gasteiger charge is 2.41. The molecule has 1 aliphatic rings. The van der Waals surface area contributed by atoms with Gasteiger partial charge in [-0.05, 0) is 33.2 Å². The van der Waals surface area contributed by atoms with Crippen molar-refractivity contribution in [1.29, 1.82) is 0 Å². The molecular weight excluding hydrogens is 288 g/mol. The van der Waals surface area contributed by atoms with E-state index in [0.717, 1.165) is 36.8 Å². The van der Waals surface area contributed by atoms with Crippen LogP contribution in [0.25, 0.3) is 0 Å². The zero-order valence-electron chi connectivity index (χ0n) is 14.7. The van der Waals surface area contributed by atoms with E-state index in [-0.39, 0.29) is 5.54 Å². The van der Waals surface area contributed by atoms with Crippen molar-refractivity contribution in [2.24, 2.45) is 7.05 Å². The van der Waals surface area contributed by atoms with E-state index in [1.807, 2.05) is 49.9 Å². The van der Waals surface area contributed by atoms with Crippen LogP contribution in [0.3, 0.4) is 0 Å². The fourth-order valence-electron chi connectivity index (χ4n) is 3.32. The molecule has 0 amide bonds. The summed E-state index contributed by atoms with van der Waals surface area (Å²) in [6.07, 6.45) is 6.29. The lowest BCUT2D eigenvalue weighted by molar-refractivity contribution is 0.137. The Bertz CT molecular complexity index is 692. The lowest BCUT2D eigenvalue weighted by Gasteiger charge is -2.34. The number of anilines is 1. The Labute approximate surface area is 138 Å². The van der Waals surface area contributed by atoms with Crippen LogP contribution >= 0.6 is 0 Å². The first-order chi connectivity index (χ1) is 10.9. The summed E-state index contributed by atoms with van der Waals surface area (Å²) in [6, 6.07) is 2.03. The summed E-state index contributed by atoms with van der Waals surface area (Å²) in [5, 5.41) is 4.28. The lowest BCUT2D eigenvalue weighted by atomic mass is 9.97. The molecule has 3 heterocycles. The second kappa shape index (κ2) is 5.92. The van der Waals surface area contributed by atoms with Gasteiger partial charge in [0.15, 0.2) is 5.82 Å². The molecule has 1 fully saturated rings. The molecule has 0 spiro atoms. The third-order valence-electron chi connectivity index (χ3n) is 4.70. The molecule has 1 saturated heterocycles. The Hall–Kier alpha value is -1.95. The molecule has 124 valence electrons. The molecule has 2 aromatic rings. The average molecular weight is 314 g/mol. The molecule has 3 rings (SSSR count). The van der Waals surface area contributed by atoms with Crippen molar-refractivity contribution in [1.82, 2.24) is 24.6 Å². The summed E-state index contributed by atoms with van der Waals surface area (Å²) >= 11 is 0. The molecule has 0 saturated carbocycles. The maximum absolute atomic E-state index is 4.84. The molecule has 0 aliphatic carbocycles. The standard InChI is InChI=1S/C17H26N6/c1-13-9-15(21(3)4)20-16(19-13)17(2)7-6-8-23(17)12-14-10-18-22(5)11-14/h9-11H,6-8,12H2,1-5H3. The van der Waals surface area contributed by atoms with Crippen LogP contribution in [0.5, 0.6) is 0 Å². The van der Waals surface area contributed by atoms with E-state index in [2.05, 4.69) is 23.1 Å². The van der Waals surface area contributed by atoms with E-state index in [9.17, 15) is 0 Å². The third-order valence-corrected chi connectivity index (χ3v) is 4.70. The van der Waals surface area contributed by atoms with Gasteiger partial charge in [-0.2, -0.15) is 5.10 Å². The van der Waals surface area contributed by atoms with Gasteiger partial charge in [0.1, 0.15) is 5.82 Å². The lowest BCUT2D eigenvalue weighted by Crippen LogP contribution is -2.40. The van der Waals surface area contributed by atoms with E-state index < -0.39 is 0 Å². The van der Waals surface area contributed by atoms with Crippen LogP contribution in [-0.4, -0.2) is 45.3 Å². The fourth-order valence-corrected chi connectivity index (χ4v) is 3.32. The molecule has 1 atom stereocenters. The molecular formula is C17H26N6. The first-order valence-corrected chi connectivity index (χ1v) is 8.14. The molecule has 0 radical (unpaired) electrons. The molecule has 1 aliphatic heterocycles. The summed E-state index contributed by atoms with van der Waals surface area (Å²) in [5.74, 6) is 1.91. The van der Waals surface area contributed by atoms with Crippen molar-refractivity contribution >= 4 is 5.82 Å². The number of nitrogens with zero attached hydrogens (tertiary/aromatic N) is 6. The highest BCUT2D eigenvalue weighted by atomic mass is 15.3. The largest absolute Gasteiger partial charge is 0.363 e. The maximum Gasteiger partial charge on any atom is 0.150 e. The van der Waals surface area contributed by atoms with Gasteiger partial charge in [0.2, 0.25) is 0 Å². The summed E-state index contributed by atoms with van der Waals surface area (Å²) in [6.45, 7) is 6.27. The van der Waals surface area contributed by atoms with Gasteiger partial charge in [0, 0.05) is 51.2 Å². The zero-order valence-corrected chi connectivity index (χ0v) is 14.7. The number of hydrogen-bond acceptors (Lipinski definition) is 5. The van der Waals surface area contributed by atoms with Crippen molar-refractivity contribution in [2.45, 2.75) is 38.8 Å². The van der Waals surface area contributed by atoms with Crippen molar-refractivity contribution in [3.63, 3.8) is 0 Å². The van der Waals surface area contributed by atoms with Gasteiger partial charge in [-0.15, -0.1) is 0 Å². The van der Waals surface area contributed by atoms with Gasteiger partial charge >= 0.3 is 0 Å². The molecule has 6 nitrogen and oxygen atoms in total. The topological polar surface area (TPSA) is 50.1 Å². The summed E-state index contributed by atoms with van der Waals surface area (Å²) in [4.78, 5) is 14.1. The predicted molar refractivity (Wildman–Crippen MR) is 91.3 cm³/mol. The Kier molecular flexibility index (Phi) is 4.10. The van der Waals surface area contributed by atoms with E-state index in [0.29, 0.717) is 0 Å². The van der Waals surface area contributed by atoms with E-state index in [4.69, 9.17) is 9.97 Å². The normalized spacial score (nSPS) is 21.8. The number of rotatable bonds is 4. The monoisotopic (exact) mass is 314 g/mol. The SMILES string of the molecule is Cc1cc(N(C)C)nc(C2(C)CCCN2Cc2cnn(C)c2)n1. The smallest absolute Gasteiger partial charge is 0.150 e. The minimum Gasteiger partial charge on any atom is -0.363 e. The molecule has 0 aromatic carbocycles. The van der Waals surface area contributed by atoms with Crippen LogP contribution in [-0.2, 0) is 19.1 Å². The van der Waals surface area contributed by atoms with Crippen LogP contribution in [0.15, 0.2) is 18.5 Å². The summed E-state index contributed by atoms with van der Waals surface area (Å²) in [5.41, 5.74) is 2.14. The van der Waals surface area contributed by atoms with E-state index >= 15 is 0 Å². The molecule has 6 heteroatoms. The second-order valence-electron chi connectivity index (χ2n) is 6.91.